The first kappa shape index (κ1) is 25.0. The Balaban J connectivity index is 1.46. The molecule has 0 aliphatic carbocycles. The van der Waals surface area contributed by atoms with Gasteiger partial charge in [-0.1, -0.05) is 35.3 Å². The Morgan fingerprint density at radius 1 is 1.06 bits per heavy atom. The molecule has 0 saturated carbocycles. The van der Waals surface area contributed by atoms with Gasteiger partial charge >= 0.3 is 5.97 Å². The van der Waals surface area contributed by atoms with E-state index in [1.54, 1.807) is 31.4 Å². The zero-order chi connectivity index (χ0) is 24.8. The van der Waals surface area contributed by atoms with Crippen molar-refractivity contribution in [3.05, 3.63) is 81.3 Å². The molecule has 2 N–H and O–H groups in total. The minimum Gasteiger partial charge on any atom is -0.493 e. The molecule has 1 fully saturated rings. The first-order valence-corrected chi connectivity index (χ1v) is 11.9. The summed E-state index contributed by atoms with van der Waals surface area (Å²) >= 11 is 12.4. The number of nitrogens with one attached hydrogen (secondary N) is 1. The molecule has 0 atom stereocenters. The number of carbonyl (C=O) groups is 1. The third-order valence-corrected chi connectivity index (χ3v) is 6.19. The largest absolute Gasteiger partial charge is 0.493 e. The summed E-state index contributed by atoms with van der Waals surface area (Å²) in [5, 5.41) is 14.1. The van der Waals surface area contributed by atoms with E-state index in [4.69, 9.17) is 37.4 Å². The Bertz CT molecular complexity index is 1180. The van der Waals surface area contributed by atoms with Crippen LogP contribution in [-0.2, 0) is 17.9 Å². The molecule has 0 radical (unpaired) electrons. The third-order valence-electron chi connectivity index (χ3n) is 5.66. The van der Waals surface area contributed by atoms with Crippen molar-refractivity contribution in [1.82, 2.24) is 0 Å². The van der Waals surface area contributed by atoms with Crippen molar-refractivity contribution < 1.29 is 24.1 Å². The van der Waals surface area contributed by atoms with Gasteiger partial charge < -0.3 is 29.5 Å². The number of methoxy groups -OCH3 is 1. The lowest BCUT2D eigenvalue weighted by atomic mass is 10.1. The monoisotopic (exact) mass is 516 g/mol. The predicted molar refractivity (Wildman–Crippen MR) is 138 cm³/mol. The number of anilines is 2. The van der Waals surface area contributed by atoms with Crippen LogP contribution in [0.25, 0.3) is 0 Å². The standard InChI is InChI=1S/C26H26Cl2N2O5/c1-33-24-13-18(12-22(28)25(24)35-16-17-2-4-19(27)5-3-17)15-29-20-6-7-23(21(14-20)26(31)32)30-8-10-34-11-9-30/h2-7,12-14,29H,8-11,15-16H2,1H3,(H,31,32). The molecule has 3 aromatic rings. The summed E-state index contributed by atoms with van der Waals surface area (Å²) in [6, 6.07) is 16.4. The number of nitrogens with zero attached hydrogens (tertiary/aromatic N) is 1. The van der Waals surface area contributed by atoms with Crippen LogP contribution in [0.3, 0.4) is 0 Å². The second-order valence-corrected chi connectivity index (χ2v) is 8.86. The van der Waals surface area contributed by atoms with Crippen LogP contribution < -0.4 is 19.7 Å². The predicted octanol–water partition coefficient (Wildman–Crippen LogP) is 5.73. The smallest absolute Gasteiger partial charge is 0.337 e. The number of halogens is 2. The summed E-state index contributed by atoms with van der Waals surface area (Å²) in [7, 11) is 1.56. The Kier molecular flexibility index (Phi) is 8.23. The number of carboxylic acid groups (broad SMARTS) is 1. The molecule has 184 valence electrons. The van der Waals surface area contributed by atoms with E-state index in [-0.39, 0.29) is 5.56 Å². The maximum atomic E-state index is 11.9. The highest BCUT2D eigenvalue weighted by atomic mass is 35.5. The second-order valence-electron chi connectivity index (χ2n) is 8.01. The van der Waals surface area contributed by atoms with Gasteiger partial charge in [-0.3, -0.25) is 0 Å². The molecule has 3 aromatic carbocycles. The SMILES string of the molecule is COc1cc(CNc2ccc(N3CCOCC3)c(C(=O)O)c2)cc(Cl)c1OCc1ccc(Cl)cc1. The molecule has 1 aliphatic heterocycles. The Hall–Kier alpha value is -3.13. The van der Waals surface area contributed by atoms with E-state index < -0.39 is 5.97 Å². The van der Waals surface area contributed by atoms with Crippen LogP contribution in [0.15, 0.2) is 54.6 Å². The van der Waals surface area contributed by atoms with E-state index in [2.05, 4.69) is 5.32 Å². The summed E-state index contributed by atoms with van der Waals surface area (Å²) in [6.45, 7) is 3.24. The molecular formula is C26H26Cl2N2O5. The third kappa shape index (κ3) is 6.31. The fourth-order valence-corrected chi connectivity index (χ4v) is 4.27. The van der Waals surface area contributed by atoms with Gasteiger partial charge in [0.25, 0.3) is 0 Å². The van der Waals surface area contributed by atoms with Gasteiger partial charge in [-0.15, -0.1) is 0 Å². The first-order chi connectivity index (χ1) is 16.9. The summed E-state index contributed by atoms with van der Waals surface area (Å²) in [5.74, 6) is -0.00454. The molecule has 4 rings (SSSR count). The highest BCUT2D eigenvalue weighted by molar-refractivity contribution is 6.32. The highest BCUT2D eigenvalue weighted by Gasteiger charge is 2.19. The Morgan fingerprint density at radius 2 is 1.80 bits per heavy atom. The fourth-order valence-electron chi connectivity index (χ4n) is 3.85. The number of carboxylic acids is 1. The van der Waals surface area contributed by atoms with Crippen molar-refractivity contribution in [1.29, 1.82) is 0 Å². The normalized spacial score (nSPS) is 13.4. The van der Waals surface area contributed by atoms with E-state index in [0.717, 1.165) is 11.1 Å². The molecule has 7 nitrogen and oxygen atoms in total. The summed E-state index contributed by atoms with van der Waals surface area (Å²) in [6.07, 6.45) is 0. The van der Waals surface area contributed by atoms with E-state index in [9.17, 15) is 9.90 Å². The van der Waals surface area contributed by atoms with Crippen molar-refractivity contribution in [2.45, 2.75) is 13.2 Å². The molecule has 1 aliphatic rings. The van der Waals surface area contributed by atoms with Crippen LogP contribution in [0, 0.1) is 0 Å². The second kappa shape index (κ2) is 11.5. The number of benzene rings is 3. The van der Waals surface area contributed by atoms with Gasteiger partial charge in [-0.25, -0.2) is 4.79 Å². The van der Waals surface area contributed by atoms with Gasteiger partial charge in [0.1, 0.15) is 6.61 Å². The summed E-state index contributed by atoms with van der Waals surface area (Å²) in [4.78, 5) is 13.9. The zero-order valence-corrected chi connectivity index (χ0v) is 20.7. The van der Waals surface area contributed by atoms with Gasteiger partial charge in [-0.2, -0.15) is 0 Å². The molecule has 0 bridgehead atoms. The quantitative estimate of drug-likeness (QED) is 0.375. The molecule has 1 saturated heterocycles. The van der Waals surface area contributed by atoms with Gasteiger partial charge in [0.2, 0.25) is 0 Å². The minimum absolute atomic E-state index is 0.249. The van der Waals surface area contributed by atoms with Crippen LogP contribution in [0.2, 0.25) is 10.0 Å². The highest BCUT2D eigenvalue weighted by Crippen LogP contribution is 2.37. The van der Waals surface area contributed by atoms with Crippen molar-refractivity contribution in [2.24, 2.45) is 0 Å². The molecule has 0 unspecified atom stereocenters. The number of ether oxygens (including phenoxy) is 3. The molecule has 9 heteroatoms. The van der Waals surface area contributed by atoms with E-state index >= 15 is 0 Å². The van der Waals surface area contributed by atoms with Crippen molar-refractivity contribution in [3.8, 4) is 11.5 Å². The fraction of sp³-hybridized carbons (Fsp3) is 0.269. The van der Waals surface area contributed by atoms with Crippen molar-refractivity contribution in [3.63, 3.8) is 0 Å². The molecule has 35 heavy (non-hydrogen) atoms. The lowest BCUT2D eigenvalue weighted by Crippen LogP contribution is -2.37. The van der Waals surface area contributed by atoms with Gasteiger partial charge in [0.05, 0.1) is 36.6 Å². The molecule has 0 spiro atoms. The maximum absolute atomic E-state index is 11.9. The van der Waals surface area contributed by atoms with Gasteiger partial charge in [0, 0.05) is 30.3 Å². The summed E-state index contributed by atoms with van der Waals surface area (Å²) < 4.78 is 16.8. The zero-order valence-electron chi connectivity index (χ0n) is 19.2. The van der Waals surface area contributed by atoms with Crippen LogP contribution in [0.5, 0.6) is 11.5 Å². The lowest BCUT2D eigenvalue weighted by Gasteiger charge is -2.30. The molecular weight excluding hydrogens is 491 g/mol. The van der Waals surface area contributed by atoms with Crippen LogP contribution in [0.4, 0.5) is 11.4 Å². The van der Waals surface area contributed by atoms with Gasteiger partial charge in [-0.05, 0) is 53.6 Å². The lowest BCUT2D eigenvalue weighted by molar-refractivity contribution is 0.0696. The minimum atomic E-state index is -0.970. The topological polar surface area (TPSA) is 80.3 Å². The average Bonchev–Trinajstić information content (AvgIpc) is 2.87. The number of hydrogen-bond acceptors (Lipinski definition) is 6. The molecule has 0 aromatic heterocycles. The maximum Gasteiger partial charge on any atom is 0.337 e. The number of morpholine rings is 1. The molecule has 0 amide bonds. The Labute approximate surface area is 214 Å². The van der Waals surface area contributed by atoms with E-state index in [0.29, 0.717) is 72.4 Å². The van der Waals surface area contributed by atoms with Crippen LogP contribution >= 0.6 is 23.2 Å². The number of hydrogen-bond donors (Lipinski definition) is 2. The van der Waals surface area contributed by atoms with Crippen molar-refractivity contribution >= 4 is 40.5 Å². The number of rotatable bonds is 9. The van der Waals surface area contributed by atoms with Gasteiger partial charge in [0.15, 0.2) is 11.5 Å². The van der Waals surface area contributed by atoms with Crippen LogP contribution in [0.1, 0.15) is 21.5 Å². The molecule has 1 heterocycles. The van der Waals surface area contributed by atoms with Crippen molar-refractivity contribution in [2.75, 3.05) is 43.6 Å². The van der Waals surface area contributed by atoms with E-state index in [1.165, 1.54) is 0 Å². The van der Waals surface area contributed by atoms with E-state index in [1.807, 2.05) is 35.2 Å². The average molecular weight is 517 g/mol. The Morgan fingerprint density at radius 3 is 2.49 bits per heavy atom. The number of aromatic carboxylic acids is 1. The van der Waals surface area contributed by atoms with Crippen LogP contribution in [-0.4, -0.2) is 44.5 Å². The first-order valence-electron chi connectivity index (χ1n) is 11.1. The summed E-state index contributed by atoms with van der Waals surface area (Å²) in [5.41, 5.74) is 3.45.